The highest BCUT2D eigenvalue weighted by Gasteiger charge is 2.47. The molecule has 4 heteroatoms. The third-order valence-corrected chi connectivity index (χ3v) is 5.81. The third-order valence-electron chi connectivity index (χ3n) is 5.81. The van der Waals surface area contributed by atoms with Crippen LogP contribution in [0.1, 0.15) is 36.3 Å². The van der Waals surface area contributed by atoms with Crippen molar-refractivity contribution < 1.29 is 14.3 Å². The van der Waals surface area contributed by atoms with E-state index in [1.165, 1.54) is 18.2 Å². The summed E-state index contributed by atoms with van der Waals surface area (Å²) >= 11 is 0. The molecule has 0 N–H and O–H groups in total. The summed E-state index contributed by atoms with van der Waals surface area (Å²) in [5.41, 5.74) is 3.69. The zero-order valence-corrected chi connectivity index (χ0v) is 15.4. The van der Waals surface area contributed by atoms with Crippen LogP contribution in [0.3, 0.4) is 0 Å². The predicted octanol–water partition coefficient (Wildman–Crippen LogP) is 3.94. The molecule has 0 spiro atoms. The monoisotopic (exact) mass is 351 g/mol. The van der Waals surface area contributed by atoms with Gasteiger partial charge in [-0.1, -0.05) is 42.5 Å². The topological polar surface area (TPSA) is 38.8 Å². The molecule has 4 rings (SSSR count). The Bertz CT molecular complexity index is 789. The first kappa shape index (κ1) is 17.0. The van der Waals surface area contributed by atoms with E-state index in [2.05, 4.69) is 47.4 Å². The van der Waals surface area contributed by atoms with E-state index in [9.17, 15) is 4.79 Å². The molecule has 3 atom stereocenters. The Labute approximate surface area is 154 Å². The lowest BCUT2D eigenvalue weighted by atomic mass is 9.84. The van der Waals surface area contributed by atoms with Crippen LogP contribution in [0.25, 0.3) is 0 Å². The molecular formula is C22H25NO3. The minimum absolute atomic E-state index is 0.146. The van der Waals surface area contributed by atoms with Crippen LogP contribution < -0.4 is 9.64 Å². The second-order valence-electron chi connectivity index (χ2n) is 7.14. The van der Waals surface area contributed by atoms with E-state index in [4.69, 9.17) is 9.47 Å². The van der Waals surface area contributed by atoms with Gasteiger partial charge in [0.15, 0.2) is 0 Å². The Kier molecular flexibility index (Phi) is 4.58. The second kappa shape index (κ2) is 7.02. The molecule has 2 aromatic carbocycles. The summed E-state index contributed by atoms with van der Waals surface area (Å²) in [6.45, 7) is 0. The average molecular weight is 351 g/mol. The van der Waals surface area contributed by atoms with Gasteiger partial charge < -0.3 is 14.4 Å². The van der Waals surface area contributed by atoms with E-state index < -0.39 is 0 Å². The van der Waals surface area contributed by atoms with Crippen LogP contribution in [0, 0.1) is 0 Å². The van der Waals surface area contributed by atoms with Gasteiger partial charge in [0.1, 0.15) is 11.8 Å². The number of ether oxygens (including phenoxy) is 2. The number of esters is 1. The molecule has 2 aliphatic heterocycles. The van der Waals surface area contributed by atoms with Crippen LogP contribution in [0.5, 0.6) is 5.75 Å². The van der Waals surface area contributed by atoms with Gasteiger partial charge in [0.25, 0.3) is 0 Å². The second-order valence-corrected chi connectivity index (χ2v) is 7.14. The number of anilines is 1. The standard InChI is InChI=1S/C22H25NO3/c1-25-20-13-6-10-16-17(14-15-8-4-3-5-9-15)18-11-7-12-19(22(24)26-2)23(18)21(16)20/h3-6,8-10,13,17-19H,7,11-12,14H2,1-2H3. The number of hydrogen-bond acceptors (Lipinski definition) is 4. The number of carbonyl (C=O) groups excluding carboxylic acids is 1. The fourth-order valence-corrected chi connectivity index (χ4v) is 4.71. The van der Waals surface area contributed by atoms with E-state index in [1.807, 2.05) is 6.07 Å². The molecular weight excluding hydrogens is 326 g/mol. The van der Waals surface area contributed by atoms with Crippen LogP contribution in [-0.4, -0.2) is 32.3 Å². The first-order chi connectivity index (χ1) is 12.7. The van der Waals surface area contributed by atoms with Crippen molar-refractivity contribution in [2.45, 2.75) is 43.7 Å². The predicted molar refractivity (Wildman–Crippen MR) is 102 cm³/mol. The number of methoxy groups -OCH3 is 2. The molecule has 1 saturated heterocycles. The summed E-state index contributed by atoms with van der Waals surface area (Å²) in [5, 5.41) is 0. The quantitative estimate of drug-likeness (QED) is 0.782. The van der Waals surface area contributed by atoms with Crippen molar-refractivity contribution in [3.05, 3.63) is 59.7 Å². The molecule has 0 radical (unpaired) electrons. The SMILES string of the molecule is COC(=O)C1CCCC2C(Cc3ccccc3)c3cccc(OC)c3N12. The zero-order valence-electron chi connectivity index (χ0n) is 15.4. The maximum absolute atomic E-state index is 12.5. The lowest BCUT2D eigenvalue weighted by Crippen LogP contribution is -2.50. The molecule has 0 aromatic heterocycles. The fourth-order valence-electron chi connectivity index (χ4n) is 4.71. The Hall–Kier alpha value is -2.49. The molecule has 2 aromatic rings. The maximum atomic E-state index is 12.5. The highest BCUT2D eigenvalue weighted by Crippen LogP contribution is 2.52. The summed E-state index contributed by atoms with van der Waals surface area (Å²) in [6, 6.07) is 16.9. The van der Waals surface area contributed by atoms with E-state index in [-0.39, 0.29) is 12.0 Å². The van der Waals surface area contributed by atoms with E-state index in [1.54, 1.807) is 7.11 Å². The number of carbonyl (C=O) groups is 1. The maximum Gasteiger partial charge on any atom is 0.328 e. The van der Waals surface area contributed by atoms with Gasteiger partial charge in [-0.3, -0.25) is 0 Å². The van der Waals surface area contributed by atoms with Crippen LogP contribution in [0.15, 0.2) is 48.5 Å². The Morgan fingerprint density at radius 3 is 2.62 bits per heavy atom. The number of benzene rings is 2. The summed E-state index contributed by atoms with van der Waals surface area (Å²) in [4.78, 5) is 14.8. The minimum atomic E-state index is -0.227. The van der Waals surface area contributed by atoms with E-state index in [0.29, 0.717) is 12.0 Å². The molecule has 3 unspecified atom stereocenters. The van der Waals surface area contributed by atoms with Gasteiger partial charge in [-0.15, -0.1) is 0 Å². The van der Waals surface area contributed by atoms with Gasteiger partial charge in [0, 0.05) is 12.0 Å². The lowest BCUT2D eigenvalue weighted by molar-refractivity contribution is -0.143. The number of rotatable bonds is 4. The van der Waals surface area contributed by atoms with Crippen LogP contribution >= 0.6 is 0 Å². The molecule has 0 aliphatic carbocycles. The largest absolute Gasteiger partial charge is 0.495 e. The Morgan fingerprint density at radius 2 is 1.88 bits per heavy atom. The molecule has 136 valence electrons. The summed E-state index contributed by atoms with van der Waals surface area (Å²) in [6.07, 6.45) is 3.93. The normalized spacial score (nSPS) is 23.9. The van der Waals surface area contributed by atoms with Crippen LogP contribution in [-0.2, 0) is 16.0 Å². The molecule has 2 heterocycles. The Morgan fingerprint density at radius 1 is 1.08 bits per heavy atom. The van der Waals surface area contributed by atoms with Crippen molar-refractivity contribution in [2.24, 2.45) is 0 Å². The zero-order chi connectivity index (χ0) is 18.1. The lowest BCUT2D eigenvalue weighted by Gasteiger charge is -2.40. The Balaban J connectivity index is 1.79. The highest BCUT2D eigenvalue weighted by molar-refractivity contribution is 5.84. The molecule has 26 heavy (non-hydrogen) atoms. The smallest absolute Gasteiger partial charge is 0.328 e. The average Bonchev–Trinajstić information content (AvgIpc) is 3.02. The van der Waals surface area contributed by atoms with Crippen LogP contribution in [0.4, 0.5) is 5.69 Å². The molecule has 1 fully saturated rings. The number of hydrogen-bond donors (Lipinski definition) is 0. The van der Waals surface area contributed by atoms with Crippen molar-refractivity contribution >= 4 is 11.7 Å². The summed E-state index contributed by atoms with van der Waals surface area (Å²) in [7, 11) is 3.18. The van der Waals surface area contributed by atoms with E-state index >= 15 is 0 Å². The number of nitrogens with zero attached hydrogens (tertiary/aromatic N) is 1. The van der Waals surface area contributed by atoms with Crippen LogP contribution in [0.2, 0.25) is 0 Å². The van der Waals surface area contributed by atoms with Gasteiger partial charge in [-0.2, -0.15) is 0 Å². The minimum Gasteiger partial charge on any atom is -0.495 e. The fraction of sp³-hybridized carbons (Fsp3) is 0.409. The van der Waals surface area contributed by atoms with E-state index in [0.717, 1.165) is 37.1 Å². The van der Waals surface area contributed by atoms with Crippen molar-refractivity contribution in [3.8, 4) is 5.75 Å². The summed E-state index contributed by atoms with van der Waals surface area (Å²) in [5.74, 6) is 1.06. The first-order valence-electron chi connectivity index (χ1n) is 9.31. The van der Waals surface area contributed by atoms with Crippen molar-refractivity contribution in [2.75, 3.05) is 19.1 Å². The van der Waals surface area contributed by atoms with Gasteiger partial charge in [-0.05, 0) is 42.9 Å². The van der Waals surface area contributed by atoms with Crippen molar-refractivity contribution in [3.63, 3.8) is 0 Å². The van der Waals surface area contributed by atoms with Crippen molar-refractivity contribution in [1.29, 1.82) is 0 Å². The molecule has 2 aliphatic rings. The first-order valence-corrected chi connectivity index (χ1v) is 9.31. The van der Waals surface area contributed by atoms with Crippen molar-refractivity contribution in [1.82, 2.24) is 0 Å². The molecule has 4 nitrogen and oxygen atoms in total. The highest BCUT2D eigenvalue weighted by atomic mass is 16.5. The third kappa shape index (κ3) is 2.74. The summed E-state index contributed by atoms with van der Waals surface area (Å²) < 4.78 is 10.8. The molecule has 0 amide bonds. The molecule has 0 bridgehead atoms. The van der Waals surface area contributed by atoms with Gasteiger partial charge in [0.2, 0.25) is 0 Å². The number of piperidine rings is 1. The van der Waals surface area contributed by atoms with Gasteiger partial charge in [-0.25, -0.2) is 4.79 Å². The molecule has 0 saturated carbocycles. The van der Waals surface area contributed by atoms with Gasteiger partial charge in [0.05, 0.1) is 19.9 Å². The number of fused-ring (bicyclic) bond motifs is 3. The number of para-hydroxylation sites is 1. The van der Waals surface area contributed by atoms with Gasteiger partial charge >= 0.3 is 5.97 Å².